The minimum Gasteiger partial charge on any atom is -0.386 e. The molecule has 3 heteroatoms. The molecular weight excluding hydrogens is 230 g/mol. The van der Waals surface area contributed by atoms with Gasteiger partial charge >= 0.3 is 0 Å². The van der Waals surface area contributed by atoms with Crippen LogP contribution in [0.2, 0.25) is 0 Å². The predicted octanol–water partition coefficient (Wildman–Crippen LogP) is 3.44. The van der Waals surface area contributed by atoms with Crippen LogP contribution in [0.25, 0.3) is 0 Å². The van der Waals surface area contributed by atoms with Gasteiger partial charge in [0.2, 0.25) is 0 Å². The molecule has 1 aromatic rings. The van der Waals surface area contributed by atoms with Crippen molar-refractivity contribution in [2.45, 2.75) is 51.2 Å². The van der Waals surface area contributed by atoms with Gasteiger partial charge in [0.25, 0.3) is 0 Å². The number of rotatable bonds is 4. The minimum absolute atomic E-state index is 0.110. The van der Waals surface area contributed by atoms with Gasteiger partial charge in [-0.05, 0) is 61.7 Å². The highest BCUT2D eigenvalue weighted by molar-refractivity contribution is 7.07. The summed E-state index contributed by atoms with van der Waals surface area (Å²) in [6.07, 6.45) is 4.50. The molecule has 0 aromatic carbocycles. The average molecular weight is 253 g/mol. The number of hydrogen-bond acceptors (Lipinski definition) is 3. The summed E-state index contributed by atoms with van der Waals surface area (Å²) in [5.74, 6) is 0. The van der Waals surface area contributed by atoms with Gasteiger partial charge in [-0.25, -0.2) is 0 Å². The zero-order valence-corrected chi connectivity index (χ0v) is 11.7. The van der Waals surface area contributed by atoms with Gasteiger partial charge in [-0.15, -0.1) is 0 Å². The molecule has 2 nitrogen and oxygen atoms in total. The molecule has 2 rings (SSSR count). The largest absolute Gasteiger partial charge is 0.386 e. The summed E-state index contributed by atoms with van der Waals surface area (Å²) in [4.78, 5) is 2.48. The van der Waals surface area contributed by atoms with Crippen molar-refractivity contribution < 1.29 is 5.11 Å². The van der Waals surface area contributed by atoms with Gasteiger partial charge < -0.3 is 5.11 Å². The molecule has 0 bridgehead atoms. The van der Waals surface area contributed by atoms with Crippen LogP contribution < -0.4 is 0 Å². The summed E-state index contributed by atoms with van der Waals surface area (Å²) < 4.78 is 0. The van der Waals surface area contributed by atoms with Crippen LogP contribution in [0.15, 0.2) is 16.8 Å². The summed E-state index contributed by atoms with van der Waals surface area (Å²) in [6, 6.07) is 2.05. The number of likely N-dealkylation sites (tertiary alicyclic amines) is 1. The summed E-state index contributed by atoms with van der Waals surface area (Å²) in [7, 11) is 0. The summed E-state index contributed by atoms with van der Waals surface area (Å²) in [5.41, 5.74) is 0.964. The normalized spacial score (nSPS) is 23.2. The van der Waals surface area contributed by atoms with Gasteiger partial charge in [0, 0.05) is 5.54 Å². The van der Waals surface area contributed by atoms with E-state index >= 15 is 0 Å². The second kappa shape index (κ2) is 5.51. The van der Waals surface area contributed by atoms with Crippen molar-refractivity contribution in [2.24, 2.45) is 0 Å². The molecule has 0 radical (unpaired) electrons. The quantitative estimate of drug-likeness (QED) is 0.888. The molecule has 0 spiro atoms. The maximum absolute atomic E-state index is 10.6. The lowest BCUT2D eigenvalue weighted by Crippen LogP contribution is -2.52. The highest BCUT2D eigenvalue weighted by atomic mass is 32.1. The second-order valence-corrected chi connectivity index (χ2v) is 6.00. The van der Waals surface area contributed by atoms with Gasteiger partial charge in [-0.2, -0.15) is 11.3 Å². The van der Waals surface area contributed by atoms with Crippen molar-refractivity contribution in [3.05, 3.63) is 22.4 Å². The lowest BCUT2D eigenvalue weighted by Gasteiger charge is -2.46. The average Bonchev–Trinajstić information content (AvgIpc) is 2.92. The molecule has 2 atom stereocenters. The molecule has 0 amide bonds. The van der Waals surface area contributed by atoms with Gasteiger partial charge in [0.15, 0.2) is 0 Å². The highest BCUT2D eigenvalue weighted by Gasteiger charge is 2.38. The van der Waals surface area contributed by atoms with Crippen LogP contribution in [-0.4, -0.2) is 28.6 Å². The van der Waals surface area contributed by atoms with Gasteiger partial charge in [0.05, 0.1) is 6.10 Å². The van der Waals surface area contributed by atoms with Crippen molar-refractivity contribution >= 4 is 11.3 Å². The first-order valence-electron chi connectivity index (χ1n) is 6.63. The Morgan fingerprint density at radius 3 is 2.65 bits per heavy atom. The molecule has 0 saturated carbocycles. The van der Waals surface area contributed by atoms with Crippen molar-refractivity contribution in [3.63, 3.8) is 0 Å². The summed E-state index contributed by atoms with van der Waals surface area (Å²) in [6.45, 7) is 6.65. The minimum atomic E-state index is -0.364. The molecule has 96 valence electrons. The molecule has 0 aliphatic carbocycles. The first kappa shape index (κ1) is 13.1. The van der Waals surface area contributed by atoms with Crippen LogP contribution in [0.1, 0.15) is 51.2 Å². The zero-order chi connectivity index (χ0) is 12.3. The van der Waals surface area contributed by atoms with E-state index in [1.807, 2.05) is 11.4 Å². The molecule has 1 N–H and O–H groups in total. The fourth-order valence-corrected chi connectivity index (χ4v) is 3.46. The smallest absolute Gasteiger partial charge is 0.0978 e. The number of hydrogen-bond donors (Lipinski definition) is 1. The first-order valence-corrected chi connectivity index (χ1v) is 7.58. The molecular formula is C14H23NOS. The van der Waals surface area contributed by atoms with Gasteiger partial charge in [-0.3, -0.25) is 4.90 Å². The number of aliphatic hydroxyl groups is 1. The van der Waals surface area contributed by atoms with Crippen molar-refractivity contribution in [1.29, 1.82) is 0 Å². The number of thiophene rings is 1. The Labute approximate surface area is 108 Å². The van der Waals surface area contributed by atoms with Crippen molar-refractivity contribution in [1.82, 2.24) is 4.90 Å². The molecule has 1 aliphatic rings. The monoisotopic (exact) mass is 253 g/mol. The van der Waals surface area contributed by atoms with E-state index in [1.165, 1.54) is 19.3 Å². The summed E-state index contributed by atoms with van der Waals surface area (Å²) in [5, 5.41) is 14.8. The maximum atomic E-state index is 10.6. The molecule has 1 fully saturated rings. The topological polar surface area (TPSA) is 23.5 Å². The van der Waals surface area contributed by atoms with Crippen molar-refractivity contribution in [2.75, 3.05) is 13.1 Å². The van der Waals surface area contributed by atoms with Crippen LogP contribution in [0.5, 0.6) is 0 Å². The number of aliphatic hydroxyl groups excluding tert-OH is 1. The third-order valence-electron chi connectivity index (χ3n) is 4.24. The number of piperidine rings is 1. The molecule has 17 heavy (non-hydrogen) atoms. The Balaban J connectivity index is 2.17. The van der Waals surface area contributed by atoms with E-state index in [0.29, 0.717) is 0 Å². The van der Waals surface area contributed by atoms with E-state index in [-0.39, 0.29) is 11.6 Å². The maximum Gasteiger partial charge on any atom is 0.0978 e. The Hall–Kier alpha value is -0.380. The van der Waals surface area contributed by atoms with E-state index in [2.05, 4.69) is 24.1 Å². The fourth-order valence-electron chi connectivity index (χ4n) is 2.78. The third kappa shape index (κ3) is 2.56. The Morgan fingerprint density at radius 1 is 1.41 bits per heavy atom. The van der Waals surface area contributed by atoms with E-state index < -0.39 is 0 Å². The summed E-state index contributed by atoms with van der Waals surface area (Å²) >= 11 is 1.66. The van der Waals surface area contributed by atoms with Crippen LogP contribution in [0, 0.1) is 0 Å². The van der Waals surface area contributed by atoms with E-state index in [9.17, 15) is 5.11 Å². The fraction of sp³-hybridized carbons (Fsp3) is 0.714. The van der Waals surface area contributed by atoms with Crippen LogP contribution in [-0.2, 0) is 0 Å². The molecule has 2 unspecified atom stereocenters. The molecule has 1 aliphatic heterocycles. The zero-order valence-electron chi connectivity index (χ0n) is 10.9. The molecule has 1 saturated heterocycles. The van der Waals surface area contributed by atoms with Gasteiger partial charge in [-0.1, -0.05) is 13.3 Å². The Morgan fingerprint density at radius 2 is 2.12 bits per heavy atom. The Bertz CT molecular complexity index is 332. The van der Waals surface area contributed by atoms with E-state index in [4.69, 9.17) is 0 Å². The SMILES string of the molecule is CCC(C)(C(O)c1ccsc1)N1CCCCC1. The van der Waals surface area contributed by atoms with E-state index in [0.717, 1.165) is 25.1 Å². The predicted molar refractivity (Wildman–Crippen MR) is 73.4 cm³/mol. The lowest BCUT2D eigenvalue weighted by atomic mass is 9.85. The molecule has 1 aromatic heterocycles. The van der Waals surface area contributed by atoms with E-state index in [1.54, 1.807) is 11.3 Å². The van der Waals surface area contributed by atoms with Gasteiger partial charge in [0.1, 0.15) is 0 Å². The van der Waals surface area contributed by atoms with Crippen LogP contribution in [0.4, 0.5) is 0 Å². The second-order valence-electron chi connectivity index (χ2n) is 5.22. The van der Waals surface area contributed by atoms with Crippen molar-refractivity contribution in [3.8, 4) is 0 Å². The molecule has 2 heterocycles. The Kier molecular flexibility index (Phi) is 4.23. The van der Waals surface area contributed by atoms with Crippen LogP contribution >= 0.6 is 11.3 Å². The standard InChI is InChI=1S/C14H23NOS/c1-3-14(2,15-8-5-4-6-9-15)13(16)12-7-10-17-11-12/h7,10-11,13,16H,3-6,8-9H2,1-2H3. The first-order chi connectivity index (χ1) is 8.18. The van der Waals surface area contributed by atoms with Crippen LogP contribution in [0.3, 0.4) is 0 Å². The third-order valence-corrected chi connectivity index (χ3v) is 4.94. The lowest BCUT2D eigenvalue weighted by molar-refractivity contribution is -0.0350. The number of nitrogens with zero attached hydrogens (tertiary/aromatic N) is 1. The highest BCUT2D eigenvalue weighted by Crippen LogP contribution is 2.36.